The van der Waals surface area contributed by atoms with E-state index in [1.54, 1.807) is 19.2 Å². The smallest absolute Gasteiger partial charge is 0.207 e. The minimum atomic E-state index is -3.44. The molecule has 0 atom stereocenters. The van der Waals surface area contributed by atoms with Gasteiger partial charge in [0.25, 0.3) is 0 Å². The van der Waals surface area contributed by atoms with Crippen molar-refractivity contribution < 1.29 is 8.42 Å². The highest BCUT2D eigenvalue weighted by molar-refractivity contribution is 7.89. The fourth-order valence-electron chi connectivity index (χ4n) is 2.33. The Balaban J connectivity index is 2.13. The molecule has 0 aliphatic carbocycles. The Morgan fingerprint density at radius 2 is 1.45 bits per heavy atom. The summed E-state index contributed by atoms with van der Waals surface area (Å²) in [5.41, 5.74) is 3.33. The summed E-state index contributed by atoms with van der Waals surface area (Å²) < 4.78 is 26.5. The van der Waals surface area contributed by atoms with Gasteiger partial charge in [0.05, 0.1) is 4.90 Å². The monoisotopic (exact) mass is 317 g/mol. The third kappa shape index (κ3) is 3.96. The number of rotatable bonds is 6. The second-order valence-corrected chi connectivity index (χ2v) is 7.69. The van der Waals surface area contributed by atoms with Crippen LogP contribution in [-0.2, 0) is 23.0 Å². The van der Waals surface area contributed by atoms with E-state index in [4.69, 9.17) is 0 Å². The van der Waals surface area contributed by atoms with Crippen molar-refractivity contribution in [1.29, 1.82) is 0 Å². The van der Waals surface area contributed by atoms with Gasteiger partial charge in [-0.3, -0.25) is 0 Å². The van der Waals surface area contributed by atoms with E-state index in [0.29, 0.717) is 11.4 Å². The van der Waals surface area contributed by atoms with Gasteiger partial charge in [-0.15, -0.1) is 0 Å². The van der Waals surface area contributed by atoms with Crippen LogP contribution < -0.4 is 0 Å². The molecule has 3 nitrogen and oxygen atoms in total. The van der Waals surface area contributed by atoms with Gasteiger partial charge in [0, 0.05) is 13.6 Å². The lowest BCUT2D eigenvalue weighted by atomic mass is 10.1. The minimum absolute atomic E-state index is 0.336. The first-order valence-corrected chi connectivity index (χ1v) is 8.98. The summed E-state index contributed by atoms with van der Waals surface area (Å²) in [5, 5.41) is 0. The molecule has 0 N–H and O–H groups in total. The topological polar surface area (TPSA) is 37.4 Å². The summed E-state index contributed by atoms with van der Waals surface area (Å²) in [6.45, 7) is 4.47. The van der Waals surface area contributed by atoms with Crippen molar-refractivity contribution in [2.45, 2.75) is 38.1 Å². The van der Waals surface area contributed by atoms with Crippen molar-refractivity contribution in [2.75, 3.05) is 7.05 Å². The van der Waals surface area contributed by atoms with E-state index in [0.717, 1.165) is 24.0 Å². The highest BCUT2D eigenvalue weighted by atomic mass is 32.2. The van der Waals surface area contributed by atoms with Gasteiger partial charge in [0.2, 0.25) is 10.0 Å². The fraction of sp³-hybridized carbons (Fsp3) is 0.333. The van der Waals surface area contributed by atoms with Crippen LogP contribution in [0.4, 0.5) is 0 Å². The first-order valence-electron chi connectivity index (χ1n) is 7.54. The van der Waals surface area contributed by atoms with Gasteiger partial charge >= 0.3 is 0 Å². The molecule has 2 rings (SSSR count). The molecule has 0 spiro atoms. The molecular formula is C18H23NO2S. The lowest BCUT2D eigenvalue weighted by molar-refractivity contribution is 0.466. The van der Waals surface area contributed by atoms with Gasteiger partial charge in [0.1, 0.15) is 0 Å². The molecule has 0 unspecified atom stereocenters. The Hall–Kier alpha value is -1.65. The molecule has 22 heavy (non-hydrogen) atoms. The molecule has 0 heterocycles. The Kier molecular flexibility index (Phi) is 5.37. The standard InChI is InChI=1S/C18H23NO2S/c1-4-5-16-8-10-17(11-9-16)14-19(3)22(20,21)18-12-6-15(2)7-13-18/h6-13H,4-5,14H2,1-3H3. The molecule has 0 aromatic heterocycles. The Labute approximate surface area is 133 Å². The van der Waals surface area contributed by atoms with Crippen molar-refractivity contribution in [3.05, 3.63) is 65.2 Å². The molecule has 4 heteroatoms. The summed E-state index contributed by atoms with van der Waals surface area (Å²) >= 11 is 0. The average molecular weight is 317 g/mol. The Morgan fingerprint density at radius 3 is 2.00 bits per heavy atom. The summed E-state index contributed by atoms with van der Waals surface area (Å²) in [4.78, 5) is 0.336. The van der Waals surface area contributed by atoms with Crippen LogP contribution in [0.2, 0.25) is 0 Å². The normalized spacial score (nSPS) is 11.8. The number of hydrogen-bond acceptors (Lipinski definition) is 2. The molecule has 0 aliphatic heterocycles. The van der Waals surface area contributed by atoms with Crippen LogP contribution in [0.1, 0.15) is 30.0 Å². The van der Waals surface area contributed by atoms with Crippen LogP contribution in [0, 0.1) is 6.92 Å². The SMILES string of the molecule is CCCc1ccc(CN(C)S(=O)(=O)c2ccc(C)cc2)cc1. The molecule has 0 radical (unpaired) electrons. The fourth-order valence-corrected chi connectivity index (χ4v) is 3.49. The summed E-state index contributed by atoms with van der Waals surface area (Å²) in [6, 6.07) is 15.1. The third-order valence-corrected chi connectivity index (χ3v) is 5.51. The molecule has 0 fully saturated rings. The average Bonchev–Trinajstić information content (AvgIpc) is 2.50. The molecule has 0 saturated heterocycles. The van der Waals surface area contributed by atoms with E-state index in [1.807, 2.05) is 31.2 Å². The van der Waals surface area contributed by atoms with Gasteiger partial charge in [-0.05, 0) is 36.6 Å². The van der Waals surface area contributed by atoms with E-state index < -0.39 is 10.0 Å². The lowest BCUT2D eigenvalue weighted by Crippen LogP contribution is -2.26. The zero-order valence-electron chi connectivity index (χ0n) is 13.4. The summed E-state index contributed by atoms with van der Waals surface area (Å²) in [5.74, 6) is 0. The van der Waals surface area contributed by atoms with Crippen LogP contribution in [0.25, 0.3) is 0 Å². The van der Waals surface area contributed by atoms with E-state index in [9.17, 15) is 8.42 Å². The lowest BCUT2D eigenvalue weighted by Gasteiger charge is -2.17. The predicted octanol–water partition coefficient (Wildman–Crippen LogP) is 3.77. The first kappa shape index (κ1) is 16.7. The van der Waals surface area contributed by atoms with Gasteiger partial charge in [-0.2, -0.15) is 4.31 Å². The molecule has 2 aromatic carbocycles. The van der Waals surface area contributed by atoms with E-state index in [2.05, 4.69) is 19.1 Å². The molecule has 0 saturated carbocycles. The predicted molar refractivity (Wildman–Crippen MR) is 90.3 cm³/mol. The second-order valence-electron chi connectivity index (χ2n) is 5.64. The Morgan fingerprint density at radius 1 is 0.909 bits per heavy atom. The summed E-state index contributed by atoms with van der Waals surface area (Å²) in [6.07, 6.45) is 2.17. The first-order chi connectivity index (χ1) is 10.4. The van der Waals surface area contributed by atoms with Crippen LogP contribution >= 0.6 is 0 Å². The quantitative estimate of drug-likeness (QED) is 0.813. The van der Waals surface area contributed by atoms with Crippen LogP contribution in [-0.4, -0.2) is 19.8 Å². The maximum atomic E-state index is 12.5. The number of aryl methyl sites for hydroxylation is 2. The maximum absolute atomic E-state index is 12.5. The zero-order valence-corrected chi connectivity index (χ0v) is 14.2. The third-order valence-electron chi connectivity index (χ3n) is 3.70. The van der Waals surface area contributed by atoms with Gasteiger partial charge in [-0.25, -0.2) is 8.42 Å². The van der Waals surface area contributed by atoms with Crippen molar-refractivity contribution in [1.82, 2.24) is 4.31 Å². The molecule has 2 aromatic rings. The number of benzene rings is 2. The minimum Gasteiger partial charge on any atom is -0.207 e. The zero-order chi connectivity index (χ0) is 16.2. The highest BCUT2D eigenvalue weighted by Gasteiger charge is 2.20. The van der Waals surface area contributed by atoms with Crippen molar-refractivity contribution >= 4 is 10.0 Å². The highest BCUT2D eigenvalue weighted by Crippen LogP contribution is 2.17. The second kappa shape index (κ2) is 7.07. The summed E-state index contributed by atoms with van der Waals surface area (Å²) in [7, 11) is -1.82. The molecule has 118 valence electrons. The van der Waals surface area contributed by atoms with Crippen molar-refractivity contribution in [3.63, 3.8) is 0 Å². The van der Waals surface area contributed by atoms with Gasteiger partial charge in [0.15, 0.2) is 0 Å². The molecule has 0 aliphatic rings. The molecule has 0 bridgehead atoms. The van der Waals surface area contributed by atoms with Crippen molar-refractivity contribution in [2.24, 2.45) is 0 Å². The van der Waals surface area contributed by atoms with E-state index >= 15 is 0 Å². The van der Waals surface area contributed by atoms with Gasteiger partial charge in [-0.1, -0.05) is 55.3 Å². The van der Waals surface area contributed by atoms with Crippen LogP contribution in [0.15, 0.2) is 53.4 Å². The largest absolute Gasteiger partial charge is 0.243 e. The Bertz CT molecular complexity index is 704. The van der Waals surface area contributed by atoms with Gasteiger partial charge < -0.3 is 0 Å². The van der Waals surface area contributed by atoms with Crippen molar-refractivity contribution in [3.8, 4) is 0 Å². The van der Waals surface area contributed by atoms with Crippen LogP contribution in [0.5, 0.6) is 0 Å². The maximum Gasteiger partial charge on any atom is 0.243 e. The van der Waals surface area contributed by atoms with Crippen LogP contribution in [0.3, 0.4) is 0 Å². The number of hydrogen-bond donors (Lipinski definition) is 0. The molecular weight excluding hydrogens is 294 g/mol. The number of sulfonamides is 1. The van der Waals surface area contributed by atoms with E-state index in [-0.39, 0.29) is 0 Å². The molecule has 0 amide bonds. The number of nitrogens with zero attached hydrogens (tertiary/aromatic N) is 1. The van der Waals surface area contributed by atoms with E-state index in [1.165, 1.54) is 9.87 Å².